The molecule has 0 spiro atoms. The SMILES string of the molecule is COc1ccc(CCNC(=O)/C(C#N)=C\Nc2ccc(NC(C)=O)cc2)cc1OC. The lowest BCUT2D eigenvalue weighted by atomic mass is 10.1. The molecule has 2 aromatic rings. The maximum atomic E-state index is 12.3. The maximum absolute atomic E-state index is 12.3. The van der Waals surface area contributed by atoms with Crippen molar-refractivity contribution in [2.24, 2.45) is 0 Å². The Morgan fingerprint density at radius 1 is 1.03 bits per heavy atom. The normalized spacial score (nSPS) is 10.5. The van der Waals surface area contributed by atoms with Crippen molar-refractivity contribution in [3.63, 3.8) is 0 Å². The highest BCUT2D eigenvalue weighted by molar-refractivity contribution is 5.97. The van der Waals surface area contributed by atoms with Gasteiger partial charge in [0.25, 0.3) is 5.91 Å². The number of carbonyl (C=O) groups is 2. The minimum absolute atomic E-state index is 0.0479. The van der Waals surface area contributed by atoms with Gasteiger partial charge in [0.05, 0.1) is 14.2 Å². The Labute approximate surface area is 175 Å². The van der Waals surface area contributed by atoms with Crippen molar-refractivity contribution < 1.29 is 19.1 Å². The van der Waals surface area contributed by atoms with Crippen LogP contribution in [0.25, 0.3) is 0 Å². The second kappa shape index (κ2) is 11.1. The van der Waals surface area contributed by atoms with Gasteiger partial charge in [-0.25, -0.2) is 0 Å². The van der Waals surface area contributed by atoms with Gasteiger partial charge in [0, 0.05) is 31.0 Å². The number of ether oxygens (including phenoxy) is 2. The highest BCUT2D eigenvalue weighted by atomic mass is 16.5. The van der Waals surface area contributed by atoms with Crippen molar-refractivity contribution in [3.8, 4) is 17.6 Å². The van der Waals surface area contributed by atoms with E-state index in [0.29, 0.717) is 35.8 Å². The zero-order valence-corrected chi connectivity index (χ0v) is 17.1. The number of methoxy groups -OCH3 is 2. The van der Waals surface area contributed by atoms with E-state index >= 15 is 0 Å². The second-order valence-electron chi connectivity index (χ2n) is 6.27. The van der Waals surface area contributed by atoms with Crippen molar-refractivity contribution in [2.75, 3.05) is 31.4 Å². The summed E-state index contributed by atoms with van der Waals surface area (Å²) in [5.74, 6) is 0.622. The first-order valence-electron chi connectivity index (χ1n) is 9.20. The smallest absolute Gasteiger partial charge is 0.263 e. The van der Waals surface area contributed by atoms with E-state index in [1.807, 2.05) is 18.2 Å². The van der Waals surface area contributed by atoms with Gasteiger partial charge in [0.1, 0.15) is 11.6 Å². The lowest BCUT2D eigenvalue weighted by Crippen LogP contribution is -2.27. The molecule has 8 heteroatoms. The van der Waals surface area contributed by atoms with Crippen LogP contribution in [-0.2, 0) is 16.0 Å². The van der Waals surface area contributed by atoms with E-state index in [9.17, 15) is 14.9 Å². The number of benzene rings is 2. The summed E-state index contributed by atoms with van der Waals surface area (Å²) in [5.41, 5.74) is 2.25. The summed E-state index contributed by atoms with van der Waals surface area (Å²) in [4.78, 5) is 23.3. The van der Waals surface area contributed by atoms with E-state index in [2.05, 4.69) is 16.0 Å². The van der Waals surface area contributed by atoms with E-state index in [1.165, 1.54) is 13.1 Å². The molecule has 0 aliphatic heterocycles. The molecule has 2 aromatic carbocycles. The van der Waals surface area contributed by atoms with Crippen LogP contribution in [-0.4, -0.2) is 32.6 Å². The van der Waals surface area contributed by atoms with Gasteiger partial charge >= 0.3 is 0 Å². The zero-order chi connectivity index (χ0) is 21.9. The lowest BCUT2D eigenvalue weighted by Gasteiger charge is -2.10. The summed E-state index contributed by atoms with van der Waals surface area (Å²) < 4.78 is 10.5. The highest BCUT2D eigenvalue weighted by Crippen LogP contribution is 2.27. The average molecular weight is 408 g/mol. The van der Waals surface area contributed by atoms with Crippen LogP contribution < -0.4 is 25.4 Å². The quantitative estimate of drug-likeness (QED) is 0.434. The maximum Gasteiger partial charge on any atom is 0.263 e. The van der Waals surface area contributed by atoms with E-state index in [-0.39, 0.29) is 11.5 Å². The number of rotatable bonds is 9. The van der Waals surface area contributed by atoms with Crippen LogP contribution in [0.15, 0.2) is 54.2 Å². The fourth-order valence-electron chi connectivity index (χ4n) is 2.61. The van der Waals surface area contributed by atoms with Gasteiger partial charge in [-0.1, -0.05) is 6.07 Å². The molecule has 0 saturated heterocycles. The van der Waals surface area contributed by atoms with Crippen molar-refractivity contribution in [1.82, 2.24) is 5.32 Å². The van der Waals surface area contributed by atoms with Crippen LogP contribution in [0.3, 0.4) is 0 Å². The molecule has 0 aliphatic carbocycles. The highest BCUT2D eigenvalue weighted by Gasteiger charge is 2.09. The first kappa shape index (κ1) is 22.3. The summed E-state index contributed by atoms with van der Waals surface area (Å²) in [5, 5.41) is 17.6. The van der Waals surface area contributed by atoms with Gasteiger partial charge < -0.3 is 25.4 Å². The molecule has 30 heavy (non-hydrogen) atoms. The van der Waals surface area contributed by atoms with Gasteiger partial charge in [-0.05, 0) is 48.4 Å². The standard InChI is InChI=1S/C22H24N4O4/c1-15(27)26-19-7-5-18(6-8-19)25-14-17(13-23)22(28)24-11-10-16-4-9-20(29-2)21(12-16)30-3/h4-9,12,14,25H,10-11H2,1-3H3,(H,24,28)(H,26,27)/b17-14-. The summed E-state index contributed by atoms with van der Waals surface area (Å²) >= 11 is 0. The molecule has 0 unspecified atom stereocenters. The van der Waals surface area contributed by atoms with Crippen LogP contribution in [0.4, 0.5) is 11.4 Å². The van der Waals surface area contributed by atoms with Crippen molar-refractivity contribution in [3.05, 3.63) is 59.8 Å². The predicted molar refractivity (Wildman–Crippen MR) is 114 cm³/mol. The zero-order valence-electron chi connectivity index (χ0n) is 17.1. The summed E-state index contributed by atoms with van der Waals surface area (Å²) in [6.07, 6.45) is 1.92. The number of carbonyl (C=O) groups excluding carboxylic acids is 2. The Kier molecular flexibility index (Phi) is 8.27. The van der Waals surface area contributed by atoms with Crippen LogP contribution in [0, 0.1) is 11.3 Å². The number of amides is 2. The molecule has 0 aliphatic rings. The Hall–Kier alpha value is -3.99. The fourth-order valence-corrected chi connectivity index (χ4v) is 2.61. The Bertz CT molecular complexity index is 962. The summed E-state index contributed by atoms with van der Waals surface area (Å²) in [6, 6.07) is 14.3. The molecule has 2 rings (SSSR count). The monoisotopic (exact) mass is 408 g/mol. The van der Waals surface area contributed by atoms with Gasteiger partial charge in [-0.3, -0.25) is 9.59 Å². The van der Waals surface area contributed by atoms with E-state index < -0.39 is 5.91 Å². The molecule has 0 radical (unpaired) electrons. The van der Waals surface area contributed by atoms with E-state index in [4.69, 9.17) is 9.47 Å². The Morgan fingerprint density at radius 2 is 1.70 bits per heavy atom. The van der Waals surface area contributed by atoms with Crippen molar-refractivity contribution >= 4 is 23.2 Å². The number of nitrogens with one attached hydrogen (secondary N) is 3. The fraction of sp³-hybridized carbons (Fsp3) is 0.227. The molecule has 2 amide bonds. The van der Waals surface area contributed by atoms with Gasteiger partial charge in [-0.15, -0.1) is 0 Å². The van der Waals surface area contributed by atoms with Crippen LogP contribution >= 0.6 is 0 Å². The Morgan fingerprint density at radius 3 is 2.30 bits per heavy atom. The van der Waals surface area contributed by atoms with Crippen LogP contribution in [0.1, 0.15) is 12.5 Å². The number of nitriles is 1. The largest absolute Gasteiger partial charge is 0.493 e. The molecule has 8 nitrogen and oxygen atoms in total. The van der Waals surface area contributed by atoms with Gasteiger partial charge in [0.15, 0.2) is 11.5 Å². The van der Waals surface area contributed by atoms with Gasteiger partial charge in [-0.2, -0.15) is 5.26 Å². The lowest BCUT2D eigenvalue weighted by molar-refractivity contribution is -0.117. The third-order valence-corrected chi connectivity index (χ3v) is 4.10. The number of nitrogens with zero attached hydrogens (tertiary/aromatic N) is 1. The molecule has 0 aromatic heterocycles. The molecule has 156 valence electrons. The van der Waals surface area contributed by atoms with Gasteiger partial charge in [0.2, 0.25) is 5.91 Å². The minimum Gasteiger partial charge on any atom is -0.493 e. The average Bonchev–Trinajstić information content (AvgIpc) is 2.74. The number of anilines is 2. The molecule has 0 heterocycles. The van der Waals surface area contributed by atoms with Crippen molar-refractivity contribution in [2.45, 2.75) is 13.3 Å². The first-order valence-corrected chi connectivity index (χ1v) is 9.20. The summed E-state index contributed by atoms with van der Waals surface area (Å²) in [6.45, 7) is 1.79. The molecule has 0 fully saturated rings. The third-order valence-electron chi connectivity index (χ3n) is 4.10. The minimum atomic E-state index is -0.472. The number of hydrogen-bond acceptors (Lipinski definition) is 6. The molecule has 3 N–H and O–H groups in total. The van der Waals surface area contributed by atoms with Crippen molar-refractivity contribution in [1.29, 1.82) is 5.26 Å². The Balaban J connectivity index is 1.90. The van der Waals surface area contributed by atoms with Crippen LogP contribution in [0.5, 0.6) is 11.5 Å². The molecule has 0 saturated carbocycles. The van der Waals surface area contributed by atoms with Crippen LogP contribution in [0.2, 0.25) is 0 Å². The molecular weight excluding hydrogens is 384 g/mol. The topological polar surface area (TPSA) is 112 Å². The summed E-state index contributed by atoms with van der Waals surface area (Å²) in [7, 11) is 3.13. The van der Waals surface area contributed by atoms with E-state index in [0.717, 1.165) is 5.56 Å². The second-order valence-corrected chi connectivity index (χ2v) is 6.27. The third kappa shape index (κ3) is 6.56. The first-order chi connectivity index (χ1) is 14.5. The predicted octanol–water partition coefficient (Wildman–Crippen LogP) is 2.84. The molecular formula is C22H24N4O4. The number of hydrogen-bond donors (Lipinski definition) is 3. The molecule has 0 bridgehead atoms. The molecule has 0 atom stereocenters. The van der Waals surface area contributed by atoms with E-state index in [1.54, 1.807) is 44.6 Å².